The third kappa shape index (κ3) is 3.15. The predicted octanol–water partition coefficient (Wildman–Crippen LogP) is 3.76. The molecule has 0 unspecified atom stereocenters. The topological polar surface area (TPSA) is 85.5 Å². The smallest absolute Gasteiger partial charge is 0.289 e. The standard InChI is InChI=1S/C16H20BrN3O3/c1-9(2)13-14(19-23-15(13)18)10-5-7-20(8-6-10)16(21)11-3-4-12(17)22-11/h3-4,9-10H,5-8,18H2,1-2H3. The van der Waals surface area contributed by atoms with Crippen LogP contribution in [0.5, 0.6) is 0 Å². The molecular formula is C16H20BrN3O3. The average molecular weight is 382 g/mol. The fourth-order valence-electron chi connectivity index (χ4n) is 3.14. The van der Waals surface area contributed by atoms with E-state index in [0.717, 1.165) is 24.1 Å². The Kier molecular flexibility index (Phi) is 4.48. The Hall–Kier alpha value is -1.76. The average Bonchev–Trinajstić information content (AvgIpc) is 3.12. The number of hydrogen-bond donors (Lipinski definition) is 1. The molecule has 6 nitrogen and oxygen atoms in total. The summed E-state index contributed by atoms with van der Waals surface area (Å²) in [5.41, 5.74) is 7.85. The van der Waals surface area contributed by atoms with Crippen LogP contribution >= 0.6 is 15.9 Å². The summed E-state index contributed by atoms with van der Waals surface area (Å²) in [5.74, 6) is 1.26. The van der Waals surface area contributed by atoms with E-state index in [1.54, 1.807) is 12.1 Å². The molecule has 0 aliphatic carbocycles. The van der Waals surface area contributed by atoms with Gasteiger partial charge in [-0.2, -0.15) is 0 Å². The number of piperidine rings is 1. The fourth-order valence-corrected chi connectivity index (χ4v) is 3.45. The molecule has 1 saturated heterocycles. The zero-order valence-electron chi connectivity index (χ0n) is 13.2. The van der Waals surface area contributed by atoms with Gasteiger partial charge in [0.15, 0.2) is 10.4 Å². The van der Waals surface area contributed by atoms with Crippen LogP contribution in [0.1, 0.15) is 60.3 Å². The van der Waals surface area contributed by atoms with Crippen molar-refractivity contribution in [2.45, 2.75) is 38.5 Å². The number of nitrogens with zero attached hydrogens (tertiary/aromatic N) is 2. The number of rotatable bonds is 3. The summed E-state index contributed by atoms with van der Waals surface area (Å²) in [6, 6.07) is 3.42. The second-order valence-electron chi connectivity index (χ2n) is 6.17. The minimum absolute atomic E-state index is 0.0714. The summed E-state index contributed by atoms with van der Waals surface area (Å²) < 4.78 is 11.1. The molecule has 3 heterocycles. The Morgan fingerprint density at radius 1 is 1.39 bits per heavy atom. The number of likely N-dealkylation sites (tertiary alicyclic amines) is 1. The van der Waals surface area contributed by atoms with E-state index in [4.69, 9.17) is 14.7 Å². The van der Waals surface area contributed by atoms with Gasteiger partial charge in [0.25, 0.3) is 5.91 Å². The van der Waals surface area contributed by atoms with Crippen molar-refractivity contribution in [2.75, 3.05) is 18.8 Å². The molecule has 1 aliphatic rings. The van der Waals surface area contributed by atoms with Crippen LogP contribution < -0.4 is 5.73 Å². The number of amides is 1. The quantitative estimate of drug-likeness (QED) is 0.874. The van der Waals surface area contributed by atoms with Gasteiger partial charge in [-0.1, -0.05) is 19.0 Å². The van der Waals surface area contributed by atoms with Gasteiger partial charge in [-0.15, -0.1) is 0 Å². The summed E-state index contributed by atoms with van der Waals surface area (Å²) in [6.45, 7) is 5.51. The Morgan fingerprint density at radius 2 is 2.09 bits per heavy atom. The number of halogens is 1. The van der Waals surface area contributed by atoms with Crippen LogP contribution in [0.4, 0.5) is 5.88 Å². The molecule has 23 heavy (non-hydrogen) atoms. The van der Waals surface area contributed by atoms with Crippen molar-refractivity contribution in [1.82, 2.24) is 10.1 Å². The SMILES string of the molecule is CC(C)c1c(C2CCN(C(=O)c3ccc(Br)o3)CC2)noc1N. The largest absolute Gasteiger partial charge is 0.444 e. The first-order chi connectivity index (χ1) is 11.0. The van der Waals surface area contributed by atoms with Gasteiger partial charge in [-0.25, -0.2) is 0 Å². The van der Waals surface area contributed by atoms with E-state index in [1.165, 1.54) is 0 Å². The van der Waals surface area contributed by atoms with E-state index in [0.29, 0.717) is 29.4 Å². The molecule has 0 atom stereocenters. The van der Waals surface area contributed by atoms with E-state index in [1.807, 2.05) is 4.90 Å². The lowest BCUT2D eigenvalue weighted by Crippen LogP contribution is -2.38. The highest BCUT2D eigenvalue weighted by Crippen LogP contribution is 2.36. The number of furan rings is 1. The van der Waals surface area contributed by atoms with E-state index >= 15 is 0 Å². The summed E-state index contributed by atoms with van der Waals surface area (Å²) in [5, 5.41) is 4.16. The highest BCUT2D eigenvalue weighted by atomic mass is 79.9. The monoisotopic (exact) mass is 381 g/mol. The van der Waals surface area contributed by atoms with Crippen molar-refractivity contribution in [3.63, 3.8) is 0 Å². The van der Waals surface area contributed by atoms with Crippen molar-refractivity contribution in [3.05, 3.63) is 33.8 Å². The third-order valence-electron chi connectivity index (χ3n) is 4.31. The highest BCUT2D eigenvalue weighted by molar-refractivity contribution is 9.10. The van der Waals surface area contributed by atoms with Crippen molar-refractivity contribution in [1.29, 1.82) is 0 Å². The number of hydrogen-bond acceptors (Lipinski definition) is 5. The Labute approximate surface area is 143 Å². The molecule has 2 aromatic heterocycles. The van der Waals surface area contributed by atoms with Gasteiger partial charge in [0.1, 0.15) is 0 Å². The molecule has 2 aromatic rings. The van der Waals surface area contributed by atoms with Crippen LogP contribution in [0.3, 0.4) is 0 Å². The van der Waals surface area contributed by atoms with Crippen LogP contribution in [-0.4, -0.2) is 29.1 Å². The van der Waals surface area contributed by atoms with Crippen molar-refractivity contribution >= 4 is 27.7 Å². The predicted molar refractivity (Wildman–Crippen MR) is 89.3 cm³/mol. The number of nitrogens with two attached hydrogens (primary N) is 1. The third-order valence-corrected chi connectivity index (χ3v) is 4.74. The second kappa shape index (κ2) is 6.39. The first-order valence-corrected chi connectivity index (χ1v) is 8.56. The van der Waals surface area contributed by atoms with Crippen LogP contribution in [0, 0.1) is 0 Å². The van der Waals surface area contributed by atoms with Gasteiger partial charge in [0, 0.05) is 24.6 Å². The molecule has 0 bridgehead atoms. The Bertz CT molecular complexity index is 699. The Morgan fingerprint density at radius 3 is 2.65 bits per heavy atom. The maximum absolute atomic E-state index is 12.4. The summed E-state index contributed by atoms with van der Waals surface area (Å²) in [4.78, 5) is 14.2. The minimum atomic E-state index is -0.0714. The summed E-state index contributed by atoms with van der Waals surface area (Å²) in [7, 11) is 0. The van der Waals surface area contributed by atoms with Crippen LogP contribution in [0.15, 0.2) is 25.7 Å². The van der Waals surface area contributed by atoms with E-state index < -0.39 is 0 Å². The second-order valence-corrected chi connectivity index (χ2v) is 6.95. The molecular weight excluding hydrogens is 362 g/mol. The fraction of sp³-hybridized carbons (Fsp3) is 0.500. The van der Waals surface area contributed by atoms with Gasteiger partial charge in [0.05, 0.1) is 5.69 Å². The van der Waals surface area contributed by atoms with Gasteiger partial charge < -0.3 is 19.6 Å². The summed E-state index contributed by atoms with van der Waals surface area (Å²) in [6.07, 6.45) is 1.69. The zero-order chi connectivity index (χ0) is 16.6. The minimum Gasteiger partial charge on any atom is -0.444 e. The lowest BCUT2D eigenvalue weighted by molar-refractivity contribution is 0.0677. The lowest BCUT2D eigenvalue weighted by Gasteiger charge is -2.31. The molecule has 1 amide bonds. The number of carbonyl (C=O) groups excluding carboxylic acids is 1. The molecule has 1 aliphatic heterocycles. The zero-order valence-corrected chi connectivity index (χ0v) is 14.8. The molecule has 2 N–H and O–H groups in total. The summed E-state index contributed by atoms with van der Waals surface area (Å²) >= 11 is 3.22. The molecule has 1 fully saturated rings. The van der Waals surface area contributed by atoms with Crippen molar-refractivity contribution in [2.24, 2.45) is 0 Å². The van der Waals surface area contributed by atoms with Crippen LogP contribution in [-0.2, 0) is 0 Å². The molecule has 124 valence electrons. The van der Waals surface area contributed by atoms with E-state index in [2.05, 4.69) is 34.9 Å². The van der Waals surface area contributed by atoms with Crippen LogP contribution in [0.2, 0.25) is 0 Å². The van der Waals surface area contributed by atoms with Gasteiger partial charge in [-0.3, -0.25) is 4.79 Å². The number of aromatic nitrogens is 1. The number of anilines is 1. The van der Waals surface area contributed by atoms with Crippen LogP contribution in [0.25, 0.3) is 0 Å². The van der Waals surface area contributed by atoms with Gasteiger partial charge in [-0.05, 0) is 46.8 Å². The maximum Gasteiger partial charge on any atom is 0.289 e. The first-order valence-electron chi connectivity index (χ1n) is 7.77. The molecule has 0 saturated carbocycles. The molecule has 0 spiro atoms. The maximum atomic E-state index is 12.4. The number of nitrogen functional groups attached to an aromatic ring is 1. The van der Waals surface area contributed by atoms with E-state index in [9.17, 15) is 4.79 Å². The Balaban J connectivity index is 1.68. The molecule has 7 heteroatoms. The van der Waals surface area contributed by atoms with Crippen molar-refractivity contribution < 1.29 is 13.7 Å². The van der Waals surface area contributed by atoms with Gasteiger partial charge in [0.2, 0.25) is 5.88 Å². The highest BCUT2D eigenvalue weighted by Gasteiger charge is 2.30. The molecule has 3 rings (SSSR count). The molecule has 0 aromatic carbocycles. The lowest BCUT2D eigenvalue weighted by atomic mass is 9.88. The van der Waals surface area contributed by atoms with Gasteiger partial charge >= 0.3 is 0 Å². The van der Waals surface area contributed by atoms with Crippen molar-refractivity contribution in [3.8, 4) is 0 Å². The van der Waals surface area contributed by atoms with E-state index in [-0.39, 0.29) is 17.7 Å². The molecule has 0 radical (unpaired) electrons. The number of carbonyl (C=O) groups is 1. The normalized spacial score (nSPS) is 16.3. The first kappa shape index (κ1) is 16.1.